The van der Waals surface area contributed by atoms with Gasteiger partial charge < -0.3 is 0 Å². The van der Waals surface area contributed by atoms with Crippen LogP contribution in [0.15, 0.2) is 0 Å². The summed E-state index contributed by atoms with van der Waals surface area (Å²) in [6.45, 7) is 4.13. The quantitative estimate of drug-likeness (QED) is 0.426. The van der Waals surface area contributed by atoms with Crippen molar-refractivity contribution in [3.63, 3.8) is 0 Å². The molecule has 4 nitrogen and oxygen atoms in total. The van der Waals surface area contributed by atoms with E-state index < -0.39 is 19.2 Å². The van der Waals surface area contributed by atoms with Crippen LogP contribution in [0, 0.1) is 0 Å². The van der Waals surface area contributed by atoms with Gasteiger partial charge in [0.05, 0.1) is 0 Å². The van der Waals surface area contributed by atoms with Crippen LogP contribution in [0.5, 0.6) is 0 Å². The molecule has 0 aliphatic heterocycles. The molecule has 0 N–H and O–H groups in total. The standard InChI is InChI=1S/2C4H9.2C2H4O2S.Sn/c2*1-3-4-2;2*3-2(4)1-5;/h2*1,3-4H2,2H3;2*5H,1H2,(H,3,4);/q;;;;+2/p-2. The summed E-state index contributed by atoms with van der Waals surface area (Å²) in [5.74, 6) is -0.707. The van der Waals surface area contributed by atoms with Gasteiger partial charge in [0.2, 0.25) is 0 Å². The van der Waals surface area contributed by atoms with E-state index in [1.807, 2.05) is 0 Å². The van der Waals surface area contributed by atoms with Crippen LogP contribution in [-0.4, -0.2) is 42.6 Å². The molecule has 0 aromatic carbocycles. The van der Waals surface area contributed by atoms with Gasteiger partial charge in [0.25, 0.3) is 0 Å². The first kappa shape index (κ1) is 19.4. The second-order valence-electron chi connectivity index (χ2n) is 4.38. The van der Waals surface area contributed by atoms with E-state index in [1.165, 1.54) is 0 Å². The van der Waals surface area contributed by atoms with Gasteiger partial charge in [-0.05, 0) is 0 Å². The SMILES string of the molecule is CCC[CH2][Sn]([CH2]CCC)([O]C(=O)CS)[O]C(=O)CS. The van der Waals surface area contributed by atoms with Crippen LogP contribution in [0.4, 0.5) is 0 Å². The molecule has 0 bridgehead atoms. The average molecular weight is 415 g/mol. The molecule has 0 heterocycles. The van der Waals surface area contributed by atoms with Crippen molar-refractivity contribution in [2.24, 2.45) is 0 Å². The third kappa shape index (κ3) is 8.34. The maximum atomic E-state index is 11.6. The zero-order chi connectivity index (χ0) is 14.7. The Labute approximate surface area is 131 Å². The van der Waals surface area contributed by atoms with Crippen molar-refractivity contribution in [3.8, 4) is 0 Å². The first-order valence-corrected chi connectivity index (χ1v) is 14.3. The topological polar surface area (TPSA) is 52.6 Å². The van der Waals surface area contributed by atoms with Crippen molar-refractivity contribution in [1.29, 1.82) is 0 Å². The van der Waals surface area contributed by atoms with Crippen molar-refractivity contribution < 1.29 is 15.7 Å². The predicted octanol–water partition coefficient (Wildman–Crippen LogP) is 2.97. The molecule has 0 radical (unpaired) electrons. The molecule has 0 spiro atoms. The van der Waals surface area contributed by atoms with Gasteiger partial charge in [0.15, 0.2) is 0 Å². The third-order valence-corrected chi connectivity index (χ3v) is 13.0. The Balaban J connectivity index is 4.93. The number of carbonyl (C=O) groups excluding carboxylic acids is 2. The molecule has 0 amide bonds. The minimum absolute atomic E-state index is 0.0232. The van der Waals surface area contributed by atoms with Gasteiger partial charge in [0, 0.05) is 0 Å². The summed E-state index contributed by atoms with van der Waals surface area (Å²) in [6.07, 6.45) is 3.81. The Morgan fingerprint density at radius 1 is 0.895 bits per heavy atom. The molecule has 0 aromatic rings. The number of hydrogen-bond acceptors (Lipinski definition) is 6. The summed E-state index contributed by atoms with van der Waals surface area (Å²) in [5, 5.41) is 0. The van der Waals surface area contributed by atoms with E-state index in [4.69, 9.17) is 6.15 Å². The first-order valence-electron chi connectivity index (χ1n) is 6.69. The summed E-state index contributed by atoms with van der Waals surface area (Å²) in [4.78, 5) is 23.1. The van der Waals surface area contributed by atoms with E-state index in [1.54, 1.807) is 0 Å². The molecule has 0 aliphatic carbocycles. The summed E-state index contributed by atoms with van der Waals surface area (Å²) in [5.41, 5.74) is 0. The molecule has 0 fully saturated rings. The Bertz CT molecular complexity index is 259. The monoisotopic (exact) mass is 416 g/mol. The van der Waals surface area contributed by atoms with Crippen LogP contribution in [-0.2, 0) is 15.7 Å². The fourth-order valence-corrected chi connectivity index (χ4v) is 12.4. The van der Waals surface area contributed by atoms with E-state index in [0.29, 0.717) is 0 Å². The van der Waals surface area contributed by atoms with E-state index in [0.717, 1.165) is 34.6 Å². The summed E-state index contributed by atoms with van der Waals surface area (Å²) in [6, 6.07) is 0. The van der Waals surface area contributed by atoms with Crippen molar-refractivity contribution in [3.05, 3.63) is 0 Å². The zero-order valence-electron chi connectivity index (χ0n) is 11.7. The van der Waals surface area contributed by atoms with Crippen molar-refractivity contribution in [2.45, 2.75) is 48.4 Å². The molecule has 0 atom stereocenters. The van der Waals surface area contributed by atoms with Gasteiger partial charge in [-0.15, -0.1) is 0 Å². The maximum absolute atomic E-state index is 11.6. The van der Waals surface area contributed by atoms with Crippen LogP contribution in [0.3, 0.4) is 0 Å². The van der Waals surface area contributed by atoms with E-state index in [9.17, 15) is 9.59 Å². The van der Waals surface area contributed by atoms with E-state index in [2.05, 4.69) is 39.1 Å². The minimum atomic E-state index is -3.65. The molecule has 0 rings (SSSR count). The van der Waals surface area contributed by atoms with Crippen LogP contribution in [0.25, 0.3) is 0 Å². The number of carbonyl (C=O) groups is 2. The second-order valence-corrected chi connectivity index (χ2v) is 14.2. The van der Waals surface area contributed by atoms with Gasteiger partial charge in [-0.3, -0.25) is 0 Å². The molecular formula is C12H24O4S2Sn. The van der Waals surface area contributed by atoms with Gasteiger partial charge in [-0.2, -0.15) is 0 Å². The molecule has 19 heavy (non-hydrogen) atoms. The third-order valence-electron chi connectivity index (χ3n) is 2.68. The van der Waals surface area contributed by atoms with Crippen molar-refractivity contribution in [2.75, 3.05) is 11.5 Å². The Morgan fingerprint density at radius 2 is 1.26 bits per heavy atom. The van der Waals surface area contributed by atoms with Gasteiger partial charge in [-0.1, -0.05) is 0 Å². The summed E-state index contributed by atoms with van der Waals surface area (Å²) >= 11 is 4.20. The first-order chi connectivity index (χ1) is 9.03. The number of hydrogen-bond donors (Lipinski definition) is 2. The van der Waals surface area contributed by atoms with Gasteiger partial charge >= 0.3 is 132 Å². The van der Waals surface area contributed by atoms with Crippen LogP contribution in [0.2, 0.25) is 8.87 Å². The molecule has 0 aliphatic rings. The second kappa shape index (κ2) is 11.1. The van der Waals surface area contributed by atoms with Gasteiger partial charge in [0.1, 0.15) is 0 Å². The number of unbranched alkanes of at least 4 members (excludes halogenated alkanes) is 2. The molecule has 7 heteroatoms. The fourth-order valence-electron chi connectivity index (χ4n) is 1.72. The summed E-state index contributed by atoms with van der Waals surface area (Å²) < 4.78 is 12.6. The van der Waals surface area contributed by atoms with Crippen LogP contribution in [0.1, 0.15) is 39.5 Å². The fraction of sp³-hybridized carbons (Fsp3) is 0.833. The normalized spacial score (nSPS) is 11.2. The van der Waals surface area contributed by atoms with Crippen LogP contribution >= 0.6 is 25.3 Å². The van der Waals surface area contributed by atoms with E-state index >= 15 is 0 Å². The van der Waals surface area contributed by atoms with Crippen LogP contribution < -0.4 is 0 Å². The number of rotatable bonds is 10. The molecule has 0 saturated carbocycles. The average Bonchev–Trinajstić information content (AvgIpc) is 2.42. The Kier molecular flexibility index (Phi) is 11.4. The van der Waals surface area contributed by atoms with Crippen molar-refractivity contribution >= 4 is 56.4 Å². The molecular weight excluding hydrogens is 391 g/mol. The summed E-state index contributed by atoms with van der Waals surface area (Å²) in [7, 11) is 0. The predicted molar refractivity (Wildman–Crippen MR) is 85.1 cm³/mol. The molecule has 0 aromatic heterocycles. The molecule has 112 valence electrons. The van der Waals surface area contributed by atoms with Crippen molar-refractivity contribution in [1.82, 2.24) is 0 Å². The zero-order valence-corrected chi connectivity index (χ0v) is 16.3. The van der Waals surface area contributed by atoms with Gasteiger partial charge in [-0.25, -0.2) is 0 Å². The Hall–Kier alpha value is 0.439. The van der Waals surface area contributed by atoms with E-state index in [-0.39, 0.29) is 23.4 Å². The Morgan fingerprint density at radius 3 is 1.53 bits per heavy atom. The molecule has 0 saturated heterocycles. The number of thiol groups is 2. The molecule has 0 unspecified atom stereocenters.